The molecule has 74 valence electrons. The van der Waals surface area contributed by atoms with Crippen molar-refractivity contribution < 1.29 is 4.79 Å². The first kappa shape index (κ1) is 9.23. The third-order valence-electron chi connectivity index (χ3n) is 4.29. The summed E-state index contributed by atoms with van der Waals surface area (Å²) in [5, 5.41) is 0. The minimum Gasteiger partial charge on any atom is -0.300 e. The van der Waals surface area contributed by atoms with Crippen LogP contribution in [0, 0.1) is 29.6 Å². The van der Waals surface area contributed by atoms with Gasteiger partial charge in [-0.2, -0.15) is 0 Å². The van der Waals surface area contributed by atoms with E-state index in [0.29, 0.717) is 11.7 Å². The van der Waals surface area contributed by atoms with E-state index in [1.54, 1.807) is 6.92 Å². The first-order valence-corrected chi connectivity index (χ1v) is 5.60. The summed E-state index contributed by atoms with van der Waals surface area (Å²) in [6, 6.07) is 0. The van der Waals surface area contributed by atoms with Crippen LogP contribution in [0.2, 0.25) is 0 Å². The molecular weight excluding hydrogens is 160 g/mol. The summed E-state index contributed by atoms with van der Waals surface area (Å²) in [6.45, 7) is 6.43. The molecule has 2 fully saturated rings. The van der Waals surface area contributed by atoms with Crippen LogP contribution in [0.4, 0.5) is 0 Å². The van der Waals surface area contributed by atoms with E-state index < -0.39 is 0 Å². The Morgan fingerprint density at radius 3 is 2.23 bits per heavy atom. The van der Waals surface area contributed by atoms with Crippen LogP contribution in [0.3, 0.4) is 0 Å². The molecule has 1 nitrogen and oxygen atoms in total. The van der Waals surface area contributed by atoms with Crippen molar-refractivity contribution in [1.82, 2.24) is 0 Å². The number of carbonyl (C=O) groups excluding carboxylic acids is 1. The molecule has 0 N–H and O–H groups in total. The van der Waals surface area contributed by atoms with Crippen LogP contribution < -0.4 is 0 Å². The number of ketones is 1. The number of Topliss-reactive ketones (excluding diaryl/α,β-unsaturated/α-hetero) is 1. The summed E-state index contributed by atoms with van der Waals surface area (Å²) in [4.78, 5) is 11.3. The fourth-order valence-corrected chi connectivity index (χ4v) is 3.63. The minimum atomic E-state index is 0.431. The second-order valence-corrected chi connectivity index (χ2v) is 5.35. The van der Waals surface area contributed by atoms with Crippen molar-refractivity contribution in [2.45, 2.75) is 40.0 Å². The molecule has 13 heavy (non-hydrogen) atoms. The van der Waals surface area contributed by atoms with Crippen molar-refractivity contribution in [3.8, 4) is 0 Å². The van der Waals surface area contributed by atoms with Crippen LogP contribution >= 0.6 is 0 Å². The Morgan fingerprint density at radius 2 is 1.85 bits per heavy atom. The monoisotopic (exact) mass is 180 g/mol. The molecule has 2 aliphatic rings. The van der Waals surface area contributed by atoms with Crippen molar-refractivity contribution in [2.75, 3.05) is 0 Å². The van der Waals surface area contributed by atoms with E-state index in [2.05, 4.69) is 13.8 Å². The molecule has 0 aromatic carbocycles. The molecule has 0 radical (unpaired) electrons. The third-order valence-corrected chi connectivity index (χ3v) is 4.29. The van der Waals surface area contributed by atoms with Crippen molar-refractivity contribution in [3.63, 3.8) is 0 Å². The van der Waals surface area contributed by atoms with E-state index in [1.165, 1.54) is 19.3 Å². The highest BCUT2D eigenvalue weighted by Gasteiger charge is 2.47. The van der Waals surface area contributed by atoms with Crippen LogP contribution in [0.1, 0.15) is 40.0 Å². The Balaban J connectivity index is 2.03. The van der Waals surface area contributed by atoms with Gasteiger partial charge in [-0.25, -0.2) is 0 Å². The summed E-state index contributed by atoms with van der Waals surface area (Å²) in [5.41, 5.74) is 0. The topological polar surface area (TPSA) is 17.1 Å². The molecule has 0 aliphatic heterocycles. The van der Waals surface area contributed by atoms with Crippen LogP contribution in [-0.4, -0.2) is 5.78 Å². The number of carbonyl (C=O) groups is 1. The van der Waals surface area contributed by atoms with Gasteiger partial charge in [0.1, 0.15) is 5.78 Å². The zero-order valence-corrected chi connectivity index (χ0v) is 8.92. The molecule has 2 bridgehead atoms. The molecule has 2 aliphatic carbocycles. The van der Waals surface area contributed by atoms with E-state index in [9.17, 15) is 4.79 Å². The first-order chi connectivity index (χ1) is 6.09. The highest BCUT2D eigenvalue weighted by atomic mass is 16.1. The maximum absolute atomic E-state index is 11.3. The summed E-state index contributed by atoms with van der Waals surface area (Å²) < 4.78 is 0. The summed E-state index contributed by atoms with van der Waals surface area (Å²) in [6.07, 6.45) is 3.86. The fraction of sp³-hybridized carbons (Fsp3) is 0.917. The van der Waals surface area contributed by atoms with E-state index in [1.807, 2.05) is 0 Å². The average Bonchev–Trinajstić information content (AvgIpc) is 2.60. The van der Waals surface area contributed by atoms with Gasteiger partial charge in [-0.3, -0.25) is 4.79 Å². The predicted molar refractivity (Wildman–Crippen MR) is 53.3 cm³/mol. The lowest BCUT2D eigenvalue weighted by Crippen LogP contribution is -2.25. The highest BCUT2D eigenvalue weighted by Crippen LogP contribution is 2.54. The lowest BCUT2D eigenvalue weighted by molar-refractivity contribution is -0.122. The predicted octanol–water partition coefficient (Wildman–Crippen LogP) is 2.89. The SMILES string of the molecule is CC(=O)C1CC2CC1CC2C(C)C. The lowest BCUT2D eigenvalue weighted by Gasteiger charge is -2.29. The maximum atomic E-state index is 11.3. The van der Waals surface area contributed by atoms with E-state index in [0.717, 1.165) is 23.7 Å². The molecule has 4 unspecified atom stereocenters. The molecule has 4 atom stereocenters. The molecular formula is C12H20O. The summed E-state index contributed by atoms with van der Waals surface area (Å²) >= 11 is 0. The second kappa shape index (κ2) is 3.11. The summed E-state index contributed by atoms with van der Waals surface area (Å²) in [7, 11) is 0. The van der Waals surface area contributed by atoms with Crippen molar-refractivity contribution in [1.29, 1.82) is 0 Å². The Bertz CT molecular complexity index is 219. The molecule has 0 aromatic rings. The highest BCUT2D eigenvalue weighted by molar-refractivity contribution is 5.79. The van der Waals surface area contributed by atoms with Gasteiger partial charge in [-0.15, -0.1) is 0 Å². The van der Waals surface area contributed by atoms with Gasteiger partial charge in [-0.1, -0.05) is 13.8 Å². The van der Waals surface area contributed by atoms with E-state index in [4.69, 9.17) is 0 Å². The fourth-order valence-electron chi connectivity index (χ4n) is 3.63. The van der Waals surface area contributed by atoms with Gasteiger partial charge >= 0.3 is 0 Å². The molecule has 0 spiro atoms. The van der Waals surface area contributed by atoms with Gasteiger partial charge in [0.05, 0.1) is 0 Å². The molecule has 0 aromatic heterocycles. The Morgan fingerprint density at radius 1 is 1.15 bits per heavy atom. The Kier molecular flexibility index (Phi) is 2.21. The molecule has 0 amide bonds. The average molecular weight is 180 g/mol. The van der Waals surface area contributed by atoms with Crippen molar-refractivity contribution in [2.24, 2.45) is 29.6 Å². The maximum Gasteiger partial charge on any atom is 0.133 e. The molecule has 0 saturated heterocycles. The lowest BCUT2D eigenvalue weighted by atomic mass is 9.76. The zero-order valence-electron chi connectivity index (χ0n) is 8.92. The van der Waals surface area contributed by atoms with Gasteiger partial charge in [0.25, 0.3) is 0 Å². The second-order valence-electron chi connectivity index (χ2n) is 5.35. The van der Waals surface area contributed by atoms with Gasteiger partial charge in [0.15, 0.2) is 0 Å². The van der Waals surface area contributed by atoms with Gasteiger partial charge in [0.2, 0.25) is 0 Å². The van der Waals surface area contributed by atoms with Crippen molar-refractivity contribution >= 4 is 5.78 Å². The number of rotatable bonds is 2. The van der Waals surface area contributed by atoms with E-state index in [-0.39, 0.29) is 0 Å². The largest absolute Gasteiger partial charge is 0.300 e. The zero-order chi connectivity index (χ0) is 9.59. The number of hydrogen-bond acceptors (Lipinski definition) is 1. The number of hydrogen-bond donors (Lipinski definition) is 0. The quantitative estimate of drug-likeness (QED) is 0.638. The normalized spacial score (nSPS) is 43.1. The van der Waals surface area contributed by atoms with Crippen molar-refractivity contribution in [3.05, 3.63) is 0 Å². The van der Waals surface area contributed by atoms with Crippen LogP contribution in [0.5, 0.6) is 0 Å². The minimum absolute atomic E-state index is 0.431. The third kappa shape index (κ3) is 1.43. The van der Waals surface area contributed by atoms with Crippen LogP contribution in [-0.2, 0) is 4.79 Å². The van der Waals surface area contributed by atoms with Crippen LogP contribution in [0.15, 0.2) is 0 Å². The molecule has 0 heterocycles. The summed E-state index contributed by atoms with van der Waals surface area (Å²) in [5.74, 6) is 4.23. The first-order valence-electron chi connectivity index (χ1n) is 5.60. The van der Waals surface area contributed by atoms with E-state index >= 15 is 0 Å². The molecule has 2 saturated carbocycles. The standard InChI is InChI=1S/C12H20O/c1-7(2)11-5-10-4-9(11)6-12(10)8(3)13/h7,9-12H,4-6H2,1-3H3. The Labute approximate surface area is 80.9 Å². The Hall–Kier alpha value is -0.330. The molecule has 1 heteroatoms. The van der Waals surface area contributed by atoms with Gasteiger partial charge in [-0.05, 0) is 49.9 Å². The van der Waals surface area contributed by atoms with Gasteiger partial charge < -0.3 is 0 Å². The smallest absolute Gasteiger partial charge is 0.133 e. The van der Waals surface area contributed by atoms with Gasteiger partial charge in [0, 0.05) is 5.92 Å². The van der Waals surface area contributed by atoms with Crippen LogP contribution in [0.25, 0.3) is 0 Å². The molecule has 2 rings (SSSR count). The number of fused-ring (bicyclic) bond motifs is 2.